The number of carbonyl (C=O) groups is 1. The molecule has 3 aromatic heterocycles. The Hall–Kier alpha value is -3.88. The first-order valence-electron chi connectivity index (χ1n) is 11.9. The Morgan fingerprint density at radius 3 is 2.47 bits per heavy atom. The Bertz CT molecular complexity index is 1380. The standard InChI is InChI=1S/C27H26F3N5O/c1-34-13-5-8-22(34)26(36)35-14-11-18(12-15-35)16-31-25-20-9-10-23(27(28,29)30)33-24(20)21(17-32-25)19-6-3-2-4-7-19/h2-10,13,17-18H,11-12,14-16H2,1H3,(H,31,32). The van der Waals surface area contributed by atoms with Crippen LogP contribution >= 0.6 is 0 Å². The van der Waals surface area contributed by atoms with Crippen molar-refractivity contribution in [2.24, 2.45) is 13.0 Å². The fourth-order valence-corrected chi connectivity index (χ4v) is 4.67. The fourth-order valence-electron chi connectivity index (χ4n) is 4.67. The zero-order valence-electron chi connectivity index (χ0n) is 19.8. The van der Waals surface area contributed by atoms with E-state index >= 15 is 0 Å². The van der Waals surface area contributed by atoms with E-state index in [0.717, 1.165) is 24.5 Å². The van der Waals surface area contributed by atoms with Gasteiger partial charge >= 0.3 is 6.18 Å². The first-order chi connectivity index (χ1) is 17.3. The number of rotatable bonds is 5. The highest BCUT2D eigenvalue weighted by molar-refractivity contribution is 5.99. The van der Waals surface area contributed by atoms with Crippen molar-refractivity contribution >= 4 is 22.6 Å². The lowest BCUT2D eigenvalue weighted by Gasteiger charge is -2.32. The smallest absolute Gasteiger partial charge is 0.369 e. The predicted molar refractivity (Wildman–Crippen MR) is 133 cm³/mol. The number of halogens is 3. The number of fused-ring (bicyclic) bond motifs is 1. The first-order valence-corrected chi connectivity index (χ1v) is 11.9. The summed E-state index contributed by atoms with van der Waals surface area (Å²) in [7, 11) is 1.86. The van der Waals surface area contributed by atoms with Crippen molar-refractivity contribution in [2.45, 2.75) is 19.0 Å². The van der Waals surface area contributed by atoms with Gasteiger partial charge in [-0.1, -0.05) is 30.3 Å². The number of piperidine rings is 1. The lowest BCUT2D eigenvalue weighted by molar-refractivity contribution is -0.140. The lowest BCUT2D eigenvalue weighted by Crippen LogP contribution is -2.40. The summed E-state index contributed by atoms with van der Waals surface area (Å²) in [6.45, 7) is 1.93. The van der Waals surface area contributed by atoms with Crippen LogP contribution in [0.1, 0.15) is 29.0 Å². The van der Waals surface area contributed by atoms with Crippen LogP contribution in [0.2, 0.25) is 0 Å². The highest BCUT2D eigenvalue weighted by Crippen LogP contribution is 2.35. The third kappa shape index (κ3) is 4.78. The minimum atomic E-state index is -4.54. The molecular weight excluding hydrogens is 467 g/mol. The molecule has 0 bridgehead atoms. The molecule has 1 saturated heterocycles. The molecule has 1 fully saturated rings. The molecule has 1 aliphatic heterocycles. The molecule has 36 heavy (non-hydrogen) atoms. The molecule has 0 atom stereocenters. The van der Waals surface area contributed by atoms with Crippen molar-refractivity contribution in [3.63, 3.8) is 0 Å². The molecule has 0 saturated carbocycles. The number of nitrogens with one attached hydrogen (secondary N) is 1. The van der Waals surface area contributed by atoms with Crippen LogP contribution in [0.25, 0.3) is 22.0 Å². The first kappa shape index (κ1) is 23.8. The number of benzene rings is 1. The van der Waals surface area contributed by atoms with Crippen LogP contribution in [-0.2, 0) is 13.2 Å². The van der Waals surface area contributed by atoms with Gasteiger partial charge in [-0.15, -0.1) is 0 Å². The van der Waals surface area contributed by atoms with Crippen molar-refractivity contribution in [3.8, 4) is 11.1 Å². The molecule has 4 aromatic rings. The summed E-state index contributed by atoms with van der Waals surface area (Å²) >= 11 is 0. The van der Waals surface area contributed by atoms with Gasteiger partial charge in [0.1, 0.15) is 17.2 Å². The van der Waals surface area contributed by atoms with E-state index in [1.807, 2.05) is 65.2 Å². The number of aryl methyl sites for hydroxylation is 1. The number of alkyl halides is 3. The van der Waals surface area contributed by atoms with E-state index in [1.54, 1.807) is 6.20 Å². The average molecular weight is 494 g/mol. The number of hydrogen-bond acceptors (Lipinski definition) is 4. The second-order valence-corrected chi connectivity index (χ2v) is 9.10. The zero-order chi connectivity index (χ0) is 25.3. The summed E-state index contributed by atoms with van der Waals surface area (Å²) in [5.74, 6) is 0.855. The van der Waals surface area contributed by atoms with Gasteiger partial charge in [-0.3, -0.25) is 4.79 Å². The number of anilines is 1. The minimum Gasteiger partial charge on any atom is -0.369 e. The van der Waals surface area contributed by atoms with Gasteiger partial charge in [0.15, 0.2) is 0 Å². The summed E-state index contributed by atoms with van der Waals surface area (Å²) < 4.78 is 42.1. The third-order valence-electron chi connectivity index (χ3n) is 6.73. The van der Waals surface area contributed by atoms with Crippen molar-refractivity contribution in [2.75, 3.05) is 25.0 Å². The molecule has 1 aromatic carbocycles. The zero-order valence-corrected chi connectivity index (χ0v) is 19.8. The molecule has 0 unspecified atom stereocenters. The van der Waals surface area contributed by atoms with E-state index in [9.17, 15) is 18.0 Å². The Kier molecular flexibility index (Phi) is 6.38. The Morgan fingerprint density at radius 2 is 1.81 bits per heavy atom. The monoisotopic (exact) mass is 493 g/mol. The second-order valence-electron chi connectivity index (χ2n) is 9.10. The predicted octanol–water partition coefficient (Wildman–Crippen LogP) is 5.62. The minimum absolute atomic E-state index is 0.0320. The Balaban J connectivity index is 1.33. The average Bonchev–Trinajstić information content (AvgIpc) is 3.32. The van der Waals surface area contributed by atoms with Gasteiger partial charge in [0.2, 0.25) is 0 Å². The number of likely N-dealkylation sites (tertiary alicyclic amines) is 1. The van der Waals surface area contributed by atoms with Crippen molar-refractivity contribution in [1.82, 2.24) is 19.4 Å². The molecular formula is C27H26F3N5O. The van der Waals surface area contributed by atoms with Crippen LogP contribution < -0.4 is 5.32 Å². The van der Waals surface area contributed by atoms with Crippen LogP contribution in [0.3, 0.4) is 0 Å². The fraction of sp³-hybridized carbons (Fsp3) is 0.296. The second kappa shape index (κ2) is 9.64. The maximum absolute atomic E-state index is 13.4. The van der Waals surface area contributed by atoms with E-state index in [-0.39, 0.29) is 11.4 Å². The van der Waals surface area contributed by atoms with Crippen LogP contribution in [0.4, 0.5) is 19.0 Å². The van der Waals surface area contributed by atoms with Crippen LogP contribution in [0.5, 0.6) is 0 Å². The summed E-state index contributed by atoms with van der Waals surface area (Å²) in [5, 5.41) is 3.88. The molecule has 1 aliphatic rings. The molecule has 0 aliphatic carbocycles. The maximum atomic E-state index is 13.4. The third-order valence-corrected chi connectivity index (χ3v) is 6.73. The van der Waals surface area contributed by atoms with Gasteiger partial charge in [0.25, 0.3) is 5.91 Å². The summed E-state index contributed by atoms with van der Waals surface area (Å²) in [6.07, 6.45) is 0.564. The van der Waals surface area contributed by atoms with Crippen LogP contribution in [0, 0.1) is 5.92 Å². The van der Waals surface area contributed by atoms with Gasteiger partial charge in [0.05, 0.1) is 5.52 Å². The molecule has 6 nitrogen and oxygen atoms in total. The van der Waals surface area contributed by atoms with E-state index in [0.29, 0.717) is 48.0 Å². The number of pyridine rings is 2. The number of nitrogens with zero attached hydrogens (tertiary/aromatic N) is 4. The van der Waals surface area contributed by atoms with E-state index in [4.69, 9.17) is 0 Å². The lowest BCUT2D eigenvalue weighted by atomic mass is 9.96. The van der Waals surface area contributed by atoms with Crippen LogP contribution in [-0.4, -0.2) is 45.0 Å². The number of aromatic nitrogens is 3. The number of hydrogen-bond donors (Lipinski definition) is 1. The van der Waals surface area contributed by atoms with Gasteiger partial charge in [-0.25, -0.2) is 9.97 Å². The van der Waals surface area contributed by atoms with Crippen molar-refractivity contribution < 1.29 is 18.0 Å². The maximum Gasteiger partial charge on any atom is 0.433 e. The van der Waals surface area contributed by atoms with E-state index < -0.39 is 11.9 Å². The highest BCUT2D eigenvalue weighted by atomic mass is 19.4. The Labute approximate surface area is 206 Å². The van der Waals surface area contributed by atoms with Crippen molar-refractivity contribution in [1.29, 1.82) is 0 Å². The summed E-state index contributed by atoms with van der Waals surface area (Å²) in [4.78, 5) is 23.2. The topological polar surface area (TPSA) is 63.1 Å². The van der Waals surface area contributed by atoms with E-state index in [2.05, 4.69) is 15.3 Å². The molecule has 0 radical (unpaired) electrons. The molecule has 0 spiro atoms. The number of carbonyl (C=O) groups excluding carboxylic acids is 1. The molecule has 4 heterocycles. The summed E-state index contributed by atoms with van der Waals surface area (Å²) in [6, 6.07) is 15.3. The largest absolute Gasteiger partial charge is 0.433 e. The van der Waals surface area contributed by atoms with Crippen molar-refractivity contribution in [3.05, 3.63) is 78.4 Å². The quantitative estimate of drug-likeness (QED) is 0.392. The SMILES string of the molecule is Cn1cccc1C(=O)N1CCC(CNc2ncc(-c3ccccc3)c3nc(C(F)(F)F)ccc23)CC1. The van der Waals surface area contributed by atoms with Crippen LogP contribution in [0.15, 0.2) is 67.0 Å². The highest BCUT2D eigenvalue weighted by Gasteiger charge is 2.33. The molecule has 9 heteroatoms. The van der Waals surface area contributed by atoms with Gasteiger partial charge < -0.3 is 14.8 Å². The van der Waals surface area contributed by atoms with Gasteiger partial charge in [-0.2, -0.15) is 13.2 Å². The molecule has 1 amide bonds. The van der Waals surface area contributed by atoms with E-state index in [1.165, 1.54) is 6.07 Å². The molecule has 5 rings (SSSR count). The summed E-state index contributed by atoms with van der Waals surface area (Å²) in [5.41, 5.74) is 1.31. The van der Waals surface area contributed by atoms with Gasteiger partial charge in [-0.05, 0) is 48.6 Å². The normalized spacial score (nSPS) is 14.8. The number of amides is 1. The Morgan fingerprint density at radius 1 is 1.06 bits per heavy atom. The molecule has 1 N–H and O–H groups in total. The van der Waals surface area contributed by atoms with Gasteiger partial charge in [0, 0.05) is 50.0 Å². The molecule has 186 valence electrons.